The molecule has 2 N–H and O–H groups in total. The van der Waals surface area contributed by atoms with Gasteiger partial charge in [-0.3, -0.25) is 4.79 Å². The fourth-order valence-electron chi connectivity index (χ4n) is 0.125. The predicted molar refractivity (Wildman–Crippen MR) is 22.2 cm³/mol. The second-order valence-corrected chi connectivity index (χ2v) is 0.945. The van der Waals surface area contributed by atoms with E-state index in [1.54, 1.807) is 0 Å². The molecule has 0 radical (unpaired) electrons. The van der Waals surface area contributed by atoms with E-state index in [4.69, 9.17) is 10.3 Å². The molecule has 0 aromatic rings. The molecule has 0 aliphatic heterocycles. The highest BCUT2D eigenvalue weighted by molar-refractivity contribution is 5.68. The smallest absolute Gasteiger partial charge is 0.389 e. The highest BCUT2D eigenvalue weighted by Gasteiger charge is 2.13. The van der Waals surface area contributed by atoms with Gasteiger partial charge >= 0.3 is 5.70 Å². The molecule has 0 saturated heterocycles. The number of hydrogen-bond donors (Lipinski definition) is 2. The van der Waals surface area contributed by atoms with Crippen LogP contribution in [0, 0.1) is 4.91 Å². The molecular weight excluding hydrogens is 114 g/mol. The lowest BCUT2D eigenvalue weighted by atomic mass is 10.6. The Morgan fingerprint density at radius 1 is 1.62 bits per heavy atom. The Kier molecular flexibility index (Phi) is 2.25. The highest BCUT2D eigenvalue weighted by Crippen LogP contribution is 1.83. The molecule has 0 unspecified atom stereocenters. The molecule has 0 aliphatic rings. The number of nitrogens with zero attached hydrogens (tertiary/aromatic N) is 1. The Hall–Kier alpha value is -1.39. The standard InChI is InChI=1S/C3H3NO4/c5-1-3(2-6)4(7)8/h1-2H,(H-,5,6,7,8)/p+1. The first-order valence-corrected chi connectivity index (χ1v) is 1.68. The fraction of sp³-hybridized carbons (Fsp3) is 0. The fourth-order valence-corrected chi connectivity index (χ4v) is 0.125. The third-order valence-electron chi connectivity index (χ3n) is 0.474. The van der Waals surface area contributed by atoms with Crippen molar-refractivity contribution in [3.05, 3.63) is 16.9 Å². The van der Waals surface area contributed by atoms with Crippen molar-refractivity contribution in [3.63, 3.8) is 0 Å². The molecule has 0 saturated carbocycles. The Morgan fingerprint density at radius 2 is 2.12 bits per heavy atom. The van der Waals surface area contributed by atoms with Crippen LogP contribution in [0.15, 0.2) is 12.0 Å². The number of rotatable bonds is 2. The monoisotopic (exact) mass is 118 g/mol. The van der Waals surface area contributed by atoms with E-state index in [0.717, 1.165) is 0 Å². The SMILES string of the molecule is O=CC(=CO)[N+](=O)O. The quantitative estimate of drug-likeness (QED) is 0.227. The van der Waals surface area contributed by atoms with Crippen LogP contribution >= 0.6 is 0 Å². The third kappa shape index (κ3) is 1.38. The molecule has 8 heavy (non-hydrogen) atoms. The van der Waals surface area contributed by atoms with Crippen LogP contribution in [-0.4, -0.2) is 21.5 Å². The first-order valence-electron chi connectivity index (χ1n) is 1.68. The molecule has 0 aromatic carbocycles. The van der Waals surface area contributed by atoms with Gasteiger partial charge in [0.2, 0.25) is 6.29 Å². The van der Waals surface area contributed by atoms with Gasteiger partial charge < -0.3 is 5.11 Å². The third-order valence-corrected chi connectivity index (χ3v) is 0.474. The number of aldehydes is 1. The van der Waals surface area contributed by atoms with Crippen LogP contribution in [0.1, 0.15) is 0 Å². The molecule has 0 fully saturated rings. The van der Waals surface area contributed by atoms with E-state index in [1.807, 2.05) is 0 Å². The molecule has 0 amide bonds. The minimum Gasteiger partial charge on any atom is -0.508 e. The van der Waals surface area contributed by atoms with Gasteiger partial charge in [0.1, 0.15) is 0 Å². The Bertz CT molecular complexity index is 138. The zero-order valence-electron chi connectivity index (χ0n) is 3.81. The highest BCUT2D eigenvalue weighted by atomic mass is 16.6. The summed E-state index contributed by atoms with van der Waals surface area (Å²) >= 11 is 0. The predicted octanol–water partition coefficient (Wildman–Crippen LogP) is -0.247. The maximum absolute atomic E-state index is 9.62. The topological polar surface area (TPSA) is 77.6 Å². The van der Waals surface area contributed by atoms with E-state index in [0.29, 0.717) is 0 Å². The minimum atomic E-state index is -0.731. The first kappa shape index (κ1) is 6.61. The van der Waals surface area contributed by atoms with E-state index < -0.39 is 10.6 Å². The van der Waals surface area contributed by atoms with Crippen LogP contribution in [0.3, 0.4) is 0 Å². The van der Waals surface area contributed by atoms with Gasteiger partial charge in [-0.25, -0.2) is 5.21 Å². The summed E-state index contributed by atoms with van der Waals surface area (Å²) in [5.41, 5.74) is -0.731. The minimum absolute atomic E-state index is 0.0208. The van der Waals surface area contributed by atoms with Crippen LogP contribution in [-0.2, 0) is 4.79 Å². The first-order chi connectivity index (χ1) is 3.72. The van der Waals surface area contributed by atoms with Crippen molar-refractivity contribution in [1.29, 1.82) is 0 Å². The van der Waals surface area contributed by atoms with Crippen LogP contribution in [0.4, 0.5) is 0 Å². The summed E-state index contributed by atoms with van der Waals surface area (Å²) in [7, 11) is 0. The lowest BCUT2D eigenvalue weighted by Crippen LogP contribution is -2.01. The van der Waals surface area contributed by atoms with E-state index >= 15 is 0 Å². The van der Waals surface area contributed by atoms with Gasteiger partial charge in [0.25, 0.3) is 4.92 Å². The van der Waals surface area contributed by atoms with Crippen molar-refractivity contribution >= 4 is 6.29 Å². The summed E-state index contributed by atoms with van der Waals surface area (Å²) in [5.74, 6) is 0. The van der Waals surface area contributed by atoms with E-state index in [1.165, 1.54) is 0 Å². The van der Waals surface area contributed by atoms with Crippen molar-refractivity contribution in [2.45, 2.75) is 0 Å². The van der Waals surface area contributed by atoms with Gasteiger partial charge in [0.05, 0.1) is 4.91 Å². The van der Waals surface area contributed by atoms with Crippen LogP contribution < -0.4 is 0 Å². The van der Waals surface area contributed by atoms with Gasteiger partial charge in [-0.05, 0) is 0 Å². The number of aliphatic hydroxyl groups is 1. The summed E-state index contributed by atoms with van der Waals surface area (Å²) < 4.78 is 0. The maximum Gasteiger partial charge on any atom is 0.389 e. The van der Waals surface area contributed by atoms with E-state index in [-0.39, 0.29) is 12.5 Å². The Labute approximate surface area is 44.4 Å². The molecule has 5 heteroatoms. The average Bonchev–Trinajstić information content (AvgIpc) is 1.69. The zero-order valence-corrected chi connectivity index (χ0v) is 3.81. The van der Waals surface area contributed by atoms with Gasteiger partial charge in [-0.1, -0.05) is 0 Å². The Balaban J connectivity index is 4.13. The van der Waals surface area contributed by atoms with Gasteiger partial charge in [0.15, 0.2) is 6.26 Å². The molecule has 0 heterocycles. The summed E-state index contributed by atoms with van der Waals surface area (Å²) in [6, 6.07) is 0. The number of allylic oxidation sites excluding steroid dienone is 1. The van der Waals surface area contributed by atoms with Gasteiger partial charge in [-0.15, -0.1) is 0 Å². The van der Waals surface area contributed by atoms with E-state index in [9.17, 15) is 9.70 Å². The second kappa shape index (κ2) is 2.73. The summed E-state index contributed by atoms with van der Waals surface area (Å²) in [4.78, 5) is 18.4. The van der Waals surface area contributed by atoms with E-state index in [2.05, 4.69) is 0 Å². The molecule has 0 aliphatic carbocycles. The largest absolute Gasteiger partial charge is 0.508 e. The van der Waals surface area contributed by atoms with Crippen molar-refractivity contribution in [2.75, 3.05) is 0 Å². The number of carbonyl (C=O) groups excluding carboxylic acids is 1. The van der Waals surface area contributed by atoms with Crippen molar-refractivity contribution in [2.24, 2.45) is 0 Å². The lowest BCUT2D eigenvalue weighted by molar-refractivity contribution is -0.750. The molecular formula is C3H4NO4+. The van der Waals surface area contributed by atoms with Crippen LogP contribution in [0.5, 0.6) is 0 Å². The second-order valence-electron chi connectivity index (χ2n) is 0.945. The van der Waals surface area contributed by atoms with Crippen LogP contribution in [0.25, 0.3) is 0 Å². The average molecular weight is 118 g/mol. The number of carbonyl (C=O) groups is 1. The number of aliphatic hydroxyl groups excluding tert-OH is 1. The van der Waals surface area contributed by atoms with Crippen molar-refractivity contribution in [1.82, 2.24) is 0 Å². The van der Waals surface area contributed by atoms with Crippen molar-refractivity contribution < 1.29 is 20.0 Å². The van der Waals surface area contributed by atoms with Gasteiger partial charge in [0, 0.05) is 0 Å². The maximum atomic E-state index is 9.62. The van der Waals surface area contributed by atoms with Gasteiger partial charge in [-0.2, -0.15) is 0 Å². The lowest BCUT2D eigenvalue weighted by Gasteiger charge is -1.71. The molecule has 0 spiro atoms. The molecule has 44 valence electrons. The molecule has 0 rings (SSSR count). The van der Waals surface area contributed by atoms with Crippen LogP contribution in [0.2, 0.25) is 0 Å². The normalized spacial score (nSPS) is 10.8. The molecule has 0 aromatic heterocycles. The molecule has 5 nitrogen and oxygen atoms in total. The van der Waals surface area contributed by atoms with Crippen molar-refractivity contribution in [3.8, 4) is 0 Å². The molecule has 0 bridgehead atoms. The summed E-state index contributed by atoms with van der Waals surface area (Å²) in [5, 5.41) is 15.7. The molecule has 0 atom stereocenters. The zero-order chi connectivity index (χ0) is 6.57. The Morgan fingerprint density at radius 3 is 2.12 bits per heavy atom. The number of hydrogen-bond acceptors (Lipinski definition) is 3. The summed E-state index contributed by atoms with van der Waals surface area (Å²) in [6.45, 7) is 0. The summed E-state index contributed by atoms with van der Waals surface area (Å²) in [6.07, 6.45) is 0.229.